The third-order valence-corrected chi connectivity index (χ3v) is 4.54. The molecule has 2 rings (SSSR count). The summed E-state index contributed by atoms with van der Waals surface area (Å²) >= 11 is 0. The molecule has 3 N–H and O–H groups in total. The number of amides is 2. The molecule has 1 atom stereocenters. The van der Waals surface area contributed by atoms with E-state index < -0.39 is 0 Å². The molecule has 1 aliphatic rings. The van der Waals surface area contributed by atoms with Crippen molar-refractivity contribution < 1.29 is 14.3 Å². The summed E-state index contributed by atoms with van der Waals surface area (Å²) in [6.45, 7) is 7.10. The summed E-state index contributed by atoms with van der Waals surface area (Å²) in [6, 6.07) is 6.37. The van der Waals surface area contributed by atoms with Gasteiger partial charge in [-0.1, -0.05) is 13.8 Å². The minimum absolute atomic E-state index is 0.112. The van der Waals surface area contributed by atoms with Gasteiger partial charge in [0.15, 0.2) is 0 Å². The Hall–Kier alpha value is -1.82. The molecule has 0 bridgehead atoms. The van der Waals surface area contributed by atoms with Gasteiger partial charge in [-0.3, -0.25) is 0 Å². The molecule has 2 amide bonds. The average Bonchev–Trinajstić information content (AvgIpc) is 3.01. The Bertz CT molecular complexity index is 534. The third-order valence-electron chi connectivity index (χ3n) is 4.54. The lowest BCUT2D eigenvalue weighted by molar-refractivity contribution is 0.201. The topological polar surface area (TPSA) is 64.6 Å². The van der Waals surface area contributed by atoms with Crippen molar-refractivity contribution in [1.29, 1.82) is 0 Å². The van der Waals surface area contributed by atoms with E-state index in [0.717, 1.165) is 25.2 Å². The number of benzene rings is 1. The molecular weight excluding hydrogens is 309 g/mol. The predicted molar refractivity (Wildman–Crippen MR) is 93.6 cm³/mol. The Labute approximate surface area is 143 Å². The predicted octanol–water partition coefficient (Wildman–Crippen LogP) is 2.36. The maximum absolute atomic E-state index is 13.0. The van der Waals surface area contributed by atoms with E-state index in [1.54, 1.807) is 12.1 Å². The van der Waals surface area contributed by atoms with Crippen LogP contribution < -0.4 is 15.5 Å². The number of urea groups is 1. The highest BCUT2D eigenvalue weighted by molar-refractivity contribution is 5.73. The van der Waals surface area contributed by atoms with Crippen LogP contribution in [0.5, 0.6) is 0 Å². The number of nitrogens with zero attached hydrogens (tertiary/aromatic N) is 1. The number of rotatable bonds is 7. The van der Waals surface area contributed by atoms with Crippen LogP contribution in [0.2, 0.25) is 0 Å². The summed E-state index contributed by atoms with van der Waals surface area (Å²) in [5.41, 5.74) is 0.910. The lowest BCUT2D eigenvalue weighted by Gasteiger charge is -2.24. The summed E-state index contributed by atoms with van der Waals surface area (Å²) in [7, 11) is 0. The van der Waals surface area contributed by atoms with Crippen molar-refractivity contribution in [1.82, 2.24) is 10.6 Å². The number of aliphatic hydroxyl groups excluding tert-OH is 1. The van der Waals surface area contributed by atoms with E-state index in [9.17, 15) is 9.18 Å². The zero-order chi connectivity index (χ0) is 17.6. The number of carbonyl (C=O) groups is 1. The minimum Gasteiger partial charge on any atom is -0.396 e. The highest BCUT2D eigenvalue weighted by atomic mass is 19.1. The van der Waals surface area contributed by atoms with Gasteiger partial charge in [-0.25, -0.2) is 9.18 Å². The van der Waals surface area contributed by atoms with Crippen LogP contribution in [-0.4, -0.2) is 43.9 Å². The van der Waals surface area contributed by atoms with Gasteiger partial charge in [-0.2, -0.15) is 0 Å². The summed E-state index contributed by atoms with van der Waals surface area (Å²) in [6.07, 6.45) is 1.66. The molecule has 1 unspecified atom stereocenters. The van der Waals surface area contributed by atoms with Gasteiger partial charge in [0.05, 0.1) is 0 Å². The summed E-state index contributed by atoms with van der Waals surface area (Å²) in [5, 5.41) is 14.8. The van der Waals surface area contributed by atoms with Gasteiger partial charge in [-0.05, 0) is 48.4 Å². The molecule has 24 heavy (non-hydrogen) atoms. The molecule has 1 fully saturated rings. The van der Waals surface area contributed by atoms with Crippen molar-refractivity contribution in [3.8, 4) is 0 Å². The smallest absolute Gasteiger partial charge is 0.314 e. The minimum atomic E-state index is -0.225. The number of hydrogen-bond donors (Lipinski definition) is 3. The monoisotopic (exact) mass is 337 g/mol. The molecule has 1 aromatic rings. The highest BCUT2D eigenvalue weighted by Crippen LogP contribution is 2.23. The zero-order valence-electron chi connectivity index (χ0n) is 14.5. The van der Waals surface area contributed by atoms with Crippen molar-refractivity contribution in [3.05, 3.63) is 30.1 Å². The molecule has 0 aliphatic carbocycles. The van der Waals surface area contributed by atoms with Crippen molar-refractivity contribution in [3.63, 3.8) is 0 Å². The van der Waals surface area contributed by atoms with Crippen LogP contribution in [-0.2, 0) is 0 Å². The van der Waals surface area contributed by atoms with E-state index in [4.69, 9.17) is 5.11 Å². The van der Waals surface area contributed by atoms with Crippen LogP contribution >= 0.6 is 0 Å². The van der Waals surface area contributed by atoms with E-state index >= 15 is 0 Å². The van der Waals surface area contributed by atoms with Crippen molar-refractivity contribution in [2.75, 3.05) is 37.7 Å². The zero-order valence-corrected chi connectivity index (χ0v) is 14.5. The first-order valence-corrected chi connectivity index (χ1v) is 8.53. The fourth-order valence-electron chi connectivity index (χ4n) is 2.90. The van der Waals surface area contributed by atoms with Gasteiger partial charge in [0.25, 0.3) is 0 Å². The average molecular weight is 337 g/mol. The van der Waals surface area contributed by atoms with Crippen molar-refractivity contribution in [2.45, 2.75) is 26.7 Å². The molecule has 5 nitrogen and oxygen atoms in total. The van der Waals surface area contributed by atoms with Crippen LogP contribution in [0.3, 0.4) is 0 Å². The second-order valence-corrected chi connectivity index (χ2v) is 7.28. The van der Waals surface area contributed by atoms with E-state index in [2.05, 4.69) is 15.5 Å². The first-order chi connectivity index (χ1) is 11.4. The molecule has 0 aromatic heterocycles. The second-order valence-electron chi connectivity index (χ2n) is 7.28. The summed E-state index contributed by atoms with van der Waals surface area (Å²) < 4.78 is 13.0. The van der Waals surface area contributed by atoms with Gasteiger partial charge in [-0.15, -0.1) is 0 Å². The maximum atomic E-state index is 13.0. The van der Waals surface area contributed by atoms with Gasteiger partial charge >= 0.3 is 6.03 Å². The van der Waals surface area contributed by atoms with Crippen LogP contribution in [0.4, 0.5) is 14.9 Å². The number of nitrogens with one attached hydrogen (secondary N) is 2. The highest BCUT2D eigenvalue weighted by Gasteiger charge is 2.23. The SMILES string of the molecule is CC(C)(CCO)CNC(=O)NCC1CCN(c2ccc(F)cc2)C1. The van der Waals surface area contributed by atoms with Crippen LogP contribution in [0.25, 0.3) is 0 Å². The largest absolute Gasteiger partial charge is 0.396 e. The quantitative estimate of drug-likeness (QED) is 0.716. The first-order valence-electron chi connectivity index (χ1n) is 8.53. The summed E-state index contributed by atoms with van der Waals surface area (Å²) in [4.78, 5) is 14.1. The van der Waals surface area contributed by atoms with E-state index in [0.29, 0.717) is 25.4 Å². The van der Waals surface area contributed by atoms with Crippen LogP contribution in [0.15, 0.2) is 24.3 Å². The number of halogens is 1. The van der Waals surface area contributed by atoms with Gasteiger partial charge in [0, 0.05) is 38.5 Å². The van der Waals surface area contributed by atoms with Gasteiger partial charge in [0.1, 0.15) is 5.82 Å². The molecule has 1 heterocycles. The molecule has 6 heteroatoms. The Morgan fingerprint density at radius 2 is 2.04 bits per heavy atom. The third kappa shape index (κ3) is 5.67. The lowest BCUT2D eigenvalue weighted by atomic mass is 9.90. The Balaban J connectivity index is 1.70. The molecule has 0 radical (unpaired) electrons. The standard InChI is InChI=1S/C18H28FN3O2/c1-18(2,8-10-23)13-21-17(24)20-11-14-7-9-22(12-14)16-5-3-15(19)4-6-16/h3-6,14,23H,7-13H2,1-2H3,(H2,20,21,24). The number of anilines is 1. The van der Waals surface area contributed by atoms with Crippen molar-refractivity contribution in [2.24, 2.45) is 11.3 Å². The Morgan fingerprint density at radius 3 is 2.71 bits per heavy atom. The Morgan fingerprint density at radius 1 is 1.33 bits per heavy atom. The molecule has 0 saturated carbocycles. The number of carbonyl (C=O) groups excluding carboxylic acids is 1. The van der Waals surface area contributed by atoms with Crippen molar-refractivity contribution >= 4 is 11.7 Å². The summed E-state index contributed by atoms with van der Waals surface area (Å²) in [5.74, 6) is 0.170. The van der Waals surface area contributed by atoms with Gasteiger partial charge < -0.3 is 20.6 Å². The van der Waals surface area contributed by atoms with E-state index in [-0.39, 0.29) is 23.9 Å². The maximum Gasteiger partial charge on any atom is 0.314 e. The van der Waals surface area contributed by atoms with E-state index in [1.165, 1.54) is 12.1 Å². The second kappa shape index (κ2) is 8.33. The molecule has 1 aromatic carbocycles. The number of aliphatic hydroxyl groups is 1. The van der Waals surface area contributed by atoms with Crippen LogP contribution in [0.1, 0.15) is 26.7 Å². The van der Waals surface area contributed by atoms with Gasteiger partial charge in [0.2, 0.25) is 0 Å². The fraction of sp³-hybridized carbons (Fsp3) is 0.611. The normalized spacial score (nSPS) is 17.8. The lowest BCUT2D eigenvalue weighted by Crippen LogP contribution is -2.42. The van der Waals surface area contributed by atoms with E-state index in [1.807, 2.05) is 13.8 Å². The fourth-order valence-corrected chi connectivity index (χ4v) is 2.90. The molecular formula is C18H28FN3O2. The first kappa shape index (κ1) is 18.5. The Kier molecular flexibility index (Phi) is 6.43. The van der Waals surface area contributed by atoms with Crippen LogP contribution in [0, 0.1) is 17.2 Å². The number of hydrogen-bond acceptors (Lipinski definition) is 3. The molecule has 134 valence electrons. The molecule has 1 aliphatic heterocycles. The molecule has 0 spiro atoms. The molecule has 1 saturated heterocycles.